The summed E-state index contributed by atoms with van der Waals surface area (Å²) in [6.45, 7) is 0. The van der Waals surface area contributed by atoms with E-state index in [1.54, 1.807) is 12.1 Å². The maximum atomic E-state index is 13.4. The van der Waals surface area contributed by atoms with E-state index in [2.05, 4.69) is 0 Å². The summed E-state index contributed by atoms with van der Waals surface area (Å²) in [4.78, 5) is 11.0. The monoisotopic (exact) mass is 465 g/mol. The van der Waals surface area contributed by atoms with Gasteiger partial charge < -0.3 is 0 Å². The Kier molecular flexibility index (Phi) is 7.48. The van der Waals surface area contributed by atoms with Crippen molar-refractivity contribution in [2.24, 2.45) is 5.92 Å². The Balaban J connectivity index is 2.01. The third-order valence-electron chi connectivity index (χ3n) is 5.93. The summed E-state index contributed by atoms with van der Waals surface area (Å²) in [5.74, 6) is 0.114. The van der Waals surface area contributed by atoms with Crippen LogP contribution in [0.15, 0.2) is 70.5 Å². The highest BCUT2D eigenvalue weighted by Crippen LogP contribution is 2.33. The molecule has 1 atom stereocenters. The highest BCUT2D eigenvalue weighted by Gasteiger charge is 2.44. The van der Waals surface area contributed by atoms with Crippen LogP contribution in [-0.4, -0.2) is 32.4 Å². The van der Waals surface area contributed by atoms with Crippen LogP contribution in [0.5, 0.6) is 0 Å². The molecular formula is C22H27NO6S2. The summed E-state index contributed by atoms with van der Waals surface area (Å²) < 4.78 is 51.7. The molecule has 1 fully saturated rings. The van der Waals surface area contributed by atoms with Crippen molar-refractivity contribution in [3.63, 3.8) is 0 Å². The number of hydrogen-bond acceptors (Lipinski definition) is 6. The van der Waals surface area contributed by atoms with Crippen molar-refractivity contribution in [2.75, 3.05) is 0 Å². The van der Waals surface area contributed by atoms with Crippen LogP contribution in [-0.2, 0) is 19.7 Å². The van der Waals surface area contributed by atoms with Gasteiger partial charge in [0.1, 0.15) is 0 Å². The van der Waals surface area contributed by atoms with E-state index in [1.807, 2.05) is 0 Å². The van der Waals surface area contributed by atoms with Gasteiger partial charge in [0.25, 0.3) is 0 Å². The van der Waals surface area contributed by atoms with Crippen molar-refractivity contribution in [2.45, 2.75) is 65.4 Å². The van der Waals surface area contributed by atoms with Gasteiger partial charge in [-0.1, -0.05) is 68.5 Å². The van der Waals surface area contributed by atoms with Crippen LogP contribution in [0.25, 0.3) is 0 Å². The Morgan fingerprint density at radius 3 is 1.68 bits per heavy atom. The predicted octanol–water partition coefficient (Wildman–Crippen LogP) is 4.27. The van der Waals surface area contributed by atoms with Crippen molar-refractivity contribution in [3.05, 3.63) is 70.8 Å². The van der Waals surface area contributed by atoms with E-state index in [0.29, 0.717) is 0 Å². The summed E-state index contributed by atoms with van der Waals surface area (Å²) in [7, 11) is -8.74. The van der Waals surface area contributed by atoms with E-state index < -0.39 is 41.6 Å². The van der Waals surface area contributed by atoms with Crippen LogP contribution in [0.2, 0.25) is 0 Å². The van der Waals surface area contributed by atoms with Gasteiger partial charge in [-0.2, -0.15) is 0 Å². The van der Waals surface area contributed by atoms with Crippen molar-refractivity contribution in [3.8, 4) is 0 Å². The molecule has 1 saturated carbocycles. The predicted molar refractivity (Wildman–Crippen MR) is 118 cm³/mol. The first-order valence-electron chi connectivity index (χ1n) is 10.4. The Morgan fingerprint density at radius 1 is 0.806 bits per heavy atom. The zero-order valence-electron chi connectivity index (χ0n) is 17.2. The number of benzene rings is 2. The molecule has 2 aromatic rings. The first-order chi connectivity index (χ1) is 14.7. The third-order valence-corrected chi connectivity index (χ3v) is 11.1. The second-order valence-corrected chi connectivity index (χ2v) is 12.6. The number of nitro groups is 1. The van der Waals surface area contributed by atoms with Crippen LogP contribution in [0, 0.1) is 16.0 Å². The first-order valence-corrected chi connectivity index (χ1v) is 13.5. The van der Waals surface area contributed by atoms with Gasteiger partial charge in [0, 0.05) is 17.8 Å². The standard InChI is InChI=1S/C22H27NO6S2/c24-23(25)19(16-18-10-4-1-5-11-18)17-22(30(26,27)20-12-6-2-7-13-20)31(28,29)21-14-8-3-9-15-21/h2-3,6-9,12-15,18-19,22H,1,4-5,10-11,16-17H2/t19-/m1/s1. The molecule has 7 nitrogen and oxygen atoms in total. The Hall–Kier alpha value is -2.26. The lowest BCUT2D eigenvalue weighted by Crippen LogP contribution is -2.37. The second kappa shape index (κ2) is 9.91. The normalized spacial score (nSPS) is 16.8. The van der Waals surface area contributed by atoms with Gasteiger partial charge >= 0.3 is 0 Å². The number of rotatable bonds is 9. The summed E-state index contributed by atoms with van der Waals surface area (Å²) in [6.07, 6.45) is 4.40. The Bertz CT molecular complexity index is 1010. The average molecular weight is 466 g/mol. The molecule has 0 heterocycles. The Labute approximate surface area is 183 Å². The van der Waals surface area contributed by atoms with Crippen molar-refractivity contribution in [1.82, 2.24) is 0 Å². The van der Waals surface area contributed by atoms with Gasteiger partial charge in [0.05, 0.1) is 9.79 Å². The molecule has 1 aliphatic rings. The van der Waals surface area contributed by atoms with Gasteiger partial charge in [-0.15, -0.1) is 0 Å². The molecule has 0 spiro atoms. The fourth-order valence-corrected chi connectivity index (χ4v) is 8.87. The molecule has 0 amide bonds. The quantitative estimate of drug-likeness (QED) is 0.404. The van der Waals surface area contributed by atoms with E-state index in [0.717, 1.165) is 32.1 Å². The second-order valence-electron chi connectivity index (χ2n) is 8.06. The molecule has 0 saturated heterocycles. The van der Waals surface area contributed by atoms with Crippen LogP contribution in [0.3, 0.4) is 0 Å². The zero-order chi connectivity index (χ0) is 22.5. The Morgan fingerprint density at radius 2 is 1.26 bits per heavy atom. The fourth-order valence-electron chi connectivity index (χ4n) is 4.24. The largest absolute Gasteiger partial charge is 0.264 e. The molecule has 0 aromatic heterocycles. The fraction of sp³-hybridized carbons (Fsp3) is 0.455. The summed E-state index contributed by atoms with van der Waals surface area (Å²) >= 11 is 0. The molecule has 1 aliphatic carbocycles. The van der Waals surface area contributed by atoms with E-state index in [4.69, 9.17) is 0 Å². The van der Waals surface area contributed by atoms with Crippen LogP contribution in [0.1, 0.15) is 44.9 Å². The number of sulfone groups is 2. The number of nitrogens with zero attached hydrogens (tertiary/aromatic N) is 1. The lowest BCUT2D eigenvalue weighted by Gasteiger charge is -2.25. The van der Waals surface area contributed by atoms with Gasteiger partial charge in [-0.25, -0.2) is 16.8 Å². The molecule has 168 valence electrons. The lowest BCUT2D eigenvalue weighted by molar-refractivity contribution is -0.525. The molecule has 3 rings (SSSR count). The topological polar surface area (TPSA) is 111 Å². The molecule has 0 N–H and O–H groups in total. The zero-order valence-corrected chi connectivity index (χ0v) is 18.8. The van der Waals surface area contributed by atoms with Gasteiger partial charge in [0.2, 0.25) is 6.04 Å². The average Bonchev–Trinajstić information content (AvgIpc) is 2.78. The third kappa shape index (κ3) is 5.51. The van der Waals surface area contributed by atoms with E-state index in [9.17, 15) is 26.9 Å². The molecule has 31 heavy (non-hydrogen) atoms. The molecule has 0 unspecified atom stereocenters. The van der Waals surface area contributed by atoms with Crippen LogP contribution in [0.4, 0.5) is 0 Å². The molecule has 2 aromatic carbocycles. The summed E-state index contributed by atoms with van der Waals surface area (Å²) in [5, 5.41) is 11.9. The first kappa shape index (κ1) is 23.4. The van der Waals surface area contributed by atoms with E-state index in [-0.39, 0.29) is 22.1 Å². The van der Waals surface area contributed by atoms with Crippen molar-refractivity contribution >= 4 is 19.7 Å². The maximum absolute atomic E-state index is 13.4. The molecule has 0 radical (unpaired) electrons. The van der Waals surface area contributed by atoms with E-state index >= 15 is 0 Å². The minimum absolute atomic E-state index is 0.114. The minimum Gasteiger partial charge on any atom is -0.264 e. The van der Waals surface area contributed by atoms with Crippen LogP contribution < -0.4 is 0 Å². The summed E-state index contributed by atoms with van der Waals surface area (Å²) in [5.41, 5.74) is 0. The van der Waals surface area contributed by atoms with Gasteiger partial charge in [-0.05, 0) is 30.2 Å². The summed E-state index contributed by atoms with van der Waals surface area (Å²) in [6, 6.07) is 13.3. The van der Waals surface area contributed by atoms with E-state index in [1.165, 1.54) is 48.5 Å². The SMILES string of the molecule is O=[N+]([O-])[C@H](CC1CCCCC1)CC(S(=O)(=O)c1ccccc1)S(=O)(=O)c1ccccc1. The molecule has 0 bridgehead atoms. The number of hydrogen-bond donors (Lipinski definition) is 0. The lowest BCUT2D eigenvalue weighted by atomic mass is 9.84. The maximum Gasteiger partial charge on any atom is 0.215 e. The highest BCUT2D eigenvalue weighted by atomic mass is 32.3. The highest BCUT2D eigenvalue weighted by molar-refractivity contribution is 8.09. The van der Waals surface area contributed by atoms with Gasteiger partial charge in [-0.3, -0.25) is 10.1 Å². The van der Waals surface area contributed by atoms with Crippen LogP contribution >= 0.6 is 0 Å². The minimum atomic E-state index is -4.37. The van der Waals surface area contributed by atoms with Gasteiger partial charge in [0.15, 0.2) is 24.3 Å². The van der Waals surface area contributed by atoms with Crippen molar-refractivity contribution in [1.29, 1.82) is 0 Å². The molecule has 0 aliphatic heterocycles. The van der Waals surface area contributed by atoms with Crippen molar-refractivity contribution < 1.29 is 21.8 Å². The molecular weight excluding hydrogens is 438 g/mol. The smallest absolute Gasteiger partial charge is 0.215 e. The molecule has 9 heteroatoms.